The smallest absolute Gasteiger partial charge is 0.326 e. The molecule has 1 aliphatic heterocycles. The highest BCUT2D eigenvalue weighted by atomic mass is 19.1. The molecular formula is C15H18FNO4. The molecule has 0 aliphatic carbocycles. The third-order valence-electron chi connectivity index (χ3n) is 3.50. The summed E-state index contributed by atoms with van der Waals surface area (Å²) in [7, 11) is 0. The van der Waals surface area contributed by atoms with E-state index in [0.717, 1.165) is 0 Å². The van der Waals surface area contributed by atoms with E-state index in [2.05, 4.69) is 0 Å². The number of carboxylic acids is 1. The van der Waals surface area contributed by atoms with Crippen molar-refractivity contribution in [1.29, 1.82) is 0 Å². The minimum atomic E-state index is -1.21. The Morgan fingerprint density at radius 1 is 1.33 bits per heavy atom. The quantitative estimate of drug-likeness (QED) is 0.923. The van der Waals surface area contributed by atoms with Crippen molar-refractivity contribution in [1.82, 2.24) is 4.90 Å². The first-order valence-corrected chi connectivity index (χ1v) is 6.80. The second kappa shape index (κ2) is 5.71. The Balaban J connectivity index is 2.12. The van der Waals surface area contributed by atoms with E-state index in [0.29, 0.717) is 25.1 Å². The standard InChI is InChI=1S/C15H18FNO4/c1-15(2,21-11-7-5-10(16)6-8-11)14(20)17-9-3-4-12(17)13(18)19/h5-8,12H,3-4,9H2,1-2H3,(H,18,19)/t12-/m1/s1. The summed E-state index contributed by atoms with van der Waals surface area (Å²) in [5.74, 6) is -1.41. The molecule has 6 heteroatoms. The molecule has 1 aliphatic rings. The number of hydrogen-bond donors (Lipinski definition) is 1. The minimum Gasteiger partial charge on any atom is -0.480 e. The molecule has 1 saturated heterocycles. The van der Waals surface area contributed by atoms with Crippen molar-refractivity contribution in [3.05, 3.63) is 30.1 Å². The molecular weight excluding hydrogens is 277 g/mol. The lowest BCUT2D eigenvalue weighted by molar-refractivity contribution is -0.155. The van der Waals surface area contributed by atoms with Gasteiger partial charge in [0.15, 0.2) is 5.60 Å². The number of rotatable bonds is 4. The Kier molecular flexibility index (Phi) is 4.16. The van der Waals surface area contributed by atoms with Crippen molar-refractivity contribution < 1.29 is 23.8 Å². The van der Waals surface area contributed by atoms with Crippen molar-refractivity contribution in [2.45, 2.75) is 38.3 Å². The number of ether oxygens (including phenoxy) is 1. The predicted molar refractivity (Wildman–Crippen MR) is 73.5 cm³/mol. The number of nitrogens with zero attached hydrogens (tertiary/aromatic N) is 1. The zero-order chi connectivity index (χ0) is 15.6. The van der Waals surface area contributed by atoms with E-state index in [1.807, 2.05) is 0 Å². The first-order valence-electron chi connectivity index (χ1n) is 6.80. The van der Waals surface area contributed by atoms with Crippen molar-refractivity contribution in [3.63, 3.8) is 0 Å². The number of benzene rings is 1. The summed E-state index contributed by atoms with van der Waals surface area (Å²) in [6.07, 6.45) is 1.11. The van der Waals surface area contributed by atoms with E-state index < -0.39 is 23.4 Å². The number of carboxylic acid groups (broad SMARTS) is 1. The highest BCUT2D eigenvalue weighted by molar-refractivity contribution is 5.89. The molecule has 1 amide bonds. The molecule has 1 aromatic carbocycles. The first-order chi connectivity index (χ1) is 9.81. The molecule has 2 rings (SSSR count). The topological polar surface area (TPSA) is 66.8 Å². The third kappa shape index (κ3) is 3.32. The summed E-state index contributed by atoms with van der Waals surface area (Å²) in [6, 6.07) is 4.55. The van der Waals surface area contributed by atoms with Crippen LogP contribution in [0.1, 0.15) is 26.7 Å². The summed E-state index contributed by atoms with van der Waals surface area (Å²) in [5.41, 5.74) is -1.21. The van der Waals surface area contributed by atoms with Crippen LogP contribution < -0.4 is 4.74 Å². The summed E-state index contributed by atoms with van der Waals surface area (Å²) < 4.78 is 18.5. The van der Waals surface area contributed by atoms with Crippen molar-refractivity contribution in [2.75, 3.05) is 6.54 Å². The highest BCUT2D eigenvalue weighted by Crippen LogP contribution is 2.25. The lowest BCUT2D eigenvalue weighted by atomic mass is 10.1. The van der Waals surface area contributed by atoms with Crippen LogP contribution in [0, 0.1) is 5.82 Å². The zero-order valence-corrected chi connectivity index (χ0v) is 12.0. The number of aliphatic carboxylic acids is 1. The molecule has 114 valence electrons. The lowest BCUT2D eigenvalue weighted by Crippen LogP contribution is -2.52. The zero-order valence-electron chi connectivity index (χ0n) is 12.0. The fourth-order valence-electron chi connectivity index (χ4n) is 2.45. The number of likely N-dealkylation sites (tertiary alicyclic amines) is 1. The molecule has 0 unspecified atom stereocenters. The number of hydrogen-bond acceptors (Lipinski definition) is 3. The van der Waals surface area contributed by atoms with E-state index in [4.69, 9.17) is 9.84 Å². The van der Waals surface area contributed by atoms with Crippen LogP contribution >= 0.6 is 0 Å². The molecule has 0 spiro atoms. The third-order valence-corrected chi connectivity index (χ3v) is 3.50. The molecule has 0 aromatic heterocycles. The van der Waals surface area contributed by atoms with Gasteiger partial charge in [-0.05, 0) is 51.0 Å². The van der Waals surface area contributed by atoms with Gasteiger partial charge in [-0.15, -0.1) is 0 Å². The number of amides is 1. The second-order valence-electron chi connectivity index (χ2n) is 5.56. The Morgan fingerprint density at radius 2 is 1.95 bits per heavy atom. The van der Waals surface area contributed by atoms with Gasteiger partial charge in [-0.1, -0.05) is 0 Å². The van der Waals surface area contributed by atoms with Crippen LogP contribution in [-0.2, 0) is 9.59 Å². The summed E-state index contributed by atoms with van der Waals surface area (Å²) in [6.45, 7) is 3.57. The van der Waals surface area contributed by atoms with Crippen molar-refractivity contribution >= 4 is 11.9 Å². The van der Waals surface area contributed by atoms with Gasteiger partial charge in [-0.2, -0.15) is 0 Å². The maximum Gasteiger partial charge on any atom is 0.326 e. The number of halogens is 1. The molecule has 0 bridgehead atoms. The van der Waals surface area contributed by atoms with Crippen LogP contribution in [0.4, 0.5) is 4.39 Å². The van der Waals surface area contributed by atoms with Gasteiger partial charge in [0, 0.05) is 6.54 Å². The van der Waals surface area contributed by atoms with Crippen LogP contribution in [0.15, 0.2) is 24.3 Å². The molecule has 0 radical (unpaired) electrons. The van der Waals surface area contributed by atoms with E-state index in [1.165, 1.54) is 29.2 Å². The van der Waals surface area contributed by atoms with Gasteiger partial charge in [0.2, 0.25) is 0 Å². The van der Waals surface area contributed by atoms with Gasteiger partial charge in [0.25, 0.3) is 5.91 Å². The Labute approximate surface area is 122 Å². The van der Waals surface area contributed by atoms with Gasteiger partial charge < -0.3 is 14.7 Å². The SMILES string of the molecule is CC(C)(Oc1ccc(F)cc1)C(=O)N1CCC[C@@H]1C(=O)O. The Hall–Kier alpha value is -2.11. The number of carbonyl (C=O) groups is 2. The van der Waals surface area contributed by atoms with Crippen LogP contribution in [0.25, 0.3) is 0 Å². The average molecular weight is 295 g/mol. The minimum absolute atomic E-state index is 0.362. The lowest BCUT2D eigenvalue weighted by Gasteiger charge is -2.32. The fraction of sp³-hybridized carbons (Fsp3) is 0.467. The molecule has 1 N–H and O–H groups in total. The van der Waals surface area contributed by atoms with Crippen LogP contribution in [-0.4, -0.2) is 40.1 Å². The molecule has 1 aromatic rings. The van der Waals surface area contributed by atoms with Gasteiger partial charge in [0.1, 0.15) is 17.6 Å². The monoisotopic (exact) mass is 295 g/mol. The second-order valence-corrected chi connectivity index (χ2v) is 5.56. The van der Waals surface area contributed by atoms with E-state index >= 15 is 0 Å². The van der Waals surface area contributed by atoms with Crippen LogP contribution in [0.3, 0.4) is 0 Å². The van der Waals surface area contributed by atoms with E-state index in [9.17, 15) is 14.0 Å². The van der Waals surface area contributed by atoms with Crippen LogP contribution in [0.5, 0.6) is 5.75 Å². The maximum atomic E-state index is 12.9. The van der Waals surface area contributed by atoms with Crippen molar-refractivity contribution in [2.24, 2.45) is 0 Å². The molecule has 21 heavy (non-hydrogen) atoms. The van der Waals surface area contributed by atoms with Crippen LogP contribution in [0.2, 0.25) is 0 Å². The Morgan fingerprint density at radius 3 is 2.52 bits per heavy atom. The normalized spacial score (nSPS) is 18.6. The average Bonchev–Trinajstić information content (AvgIpc) is 2.89. The summed E-state index contributed by atoms with van der Waals surface area (Å²) in [4.78, 5) is 25.0. The fourth-order valence-corrected chi connectivity index (χ4v) is 2.45. The first kappa shape index (κ1) is 15.3. The predicted octanol–water partition coefficient (Wildman–Crippen LogP) is 2.06. The van der Waals surface area contributed by atoms with Gasteiger partial charge in [0.05, 0.1) is 0 Å². The maximum absolute atomic E-state index is 12.9. The summed E-state index contributed by atoms with van der Waals surface area (Å²) in [5, 5.41) is 9.14. The van der Waals surface area contributed by atoms with Gasteiger partial charge in [-0.25, -0.2) is 9.18 Å². The summed E-state index contributed by atoms with van der Waals surface area (Å²) >= 11 is 0. The van der Waals surface area contributed by atoms with Gasteiger partial charge >= 0.3 is 5.97 Å². The molecule has 1 heterocycles. The van der Waals surface area contributed by atoms with Crippen molar-refractivity contribution in [3.8, 4) is 5.75 Å². The number of carbonyl (C=O) groups excluding carboxylic acids is 1. The van der Waals surface area contributed by atoms with E-state index in [-0.39, 0.29) is 5.91 Å². The largest absolute Gasteiger partial charge is 0.480 e. The van der Waals surface area contributed by atoms with E-state index in [1.54, 1.807) is 13.8 Å². The molecule has 1 fully saturated rings. The highest BCUT2D eigenvalue weighted by Gasteiger charge is 2.42. The molecule has 0 saturated carbocycles. The van der Waals surface area contributed by atoms with Gasteiger partial charge in [-0.3, -0.25) is 4.79 Å². The molecule has 5 nitrogen and oxygen atoms in total. The Bertz CT molecular complexity index is 541. The molecule has 1 atom stereocenters.